The largest absolute Gasteiger partial charge is 0.417 e. The number of nitrogens with one attached hydrogen (secondary N) is 4. The fraction of sp³-hybridized carbons (Fsp3) is 0.371. The van der Waals surface area contributed by atoms with Gasteiger partial charge in [0.25, 0.3) is 5.91 Å². The number of aromatic amines is 1. The molecule has 0 saturated heterocycles. The van der Waals surface area contributed by atoms with Gasteiger partial charge in [0, 0.05) is 29.6 Å². The van der Waals surface area contributed by atoms with E-state index in [1.54, 1.807) is 6.07 Å². The highest BCUT2D eigenvalue weighted by Gasteiger charge is 2.29. The standard InChI is InChI=1S/C35H40ClN5O5.ClH/c1-19(2)38-33(43)25-12-13-27(20(3)14-25)23-8-4-21(5-9-23)15-30(40-32(42)24-10-6-22(18-37)7-11-24)34(44)39-26-16-28(36)31-29(17-26)41-35(45)46-31;/h4-5,8-9,12-14,16-17,19,22,24,30H,6-7,10-11,15,18,37H2,1-3H3,(H,38,43)(H,39,44)(H,40,42)(H,41,45);1H/t22-,24-,30-;/m0./s1. The van der Waals surface area contributed by atoms with Crippen molar-refractivity contribution < 1.29 is 18.8 Å². The number of benzene rings is 3. The highest BCUT2D eigenvalue weighted by molar-refractivity contribution is 6.35. The zero-order valence-electron chi connectivity index (χ0n) is 26.7. The molecule has 1 atom stereocenters. The number of aromatic nitrogens is 1. The molecule has 10 nitrogen and oxygen atoms in total. The quantitative estimate of drug-likeness (QED) is 0.144. The van der Waals surface area contributed by atoms with Gasteiger partial charge in [-0.15, -0.1) is 12.4 Å². The maximum absolute atomic E-state index is 13.7. The van der Waals surface area contributed by atoms with E-state index in [0.717, 1.165) is 47.9 Å². The summed E-state index contributed by atoms with van der Waals surface area (Å²) in [6, 6.07) is 15.7. The van der Waals surface area contributed by atoms with Crippen molar-refractivity contribution >= 4 is 58.5 Å². The Hall–Kier alpha value is -4.12. The molecule has 0 aliphatic heterocycles. The third-order valence-electron chi connectivity index (χ3n) is 8.54. The second-order valence-corrected chi connectivity index (χ2v) is 12.8. The molecule has 1 heterocycles. The number of fused-ring (bicyclic) bond motifs is 1. The molecule has 0 spiro atoms. The van der Waals surface area contributed by atoms with Gasteiger partial charge in [-0.2, -0.15) is 0 Å². The number of aryl methyl sites for hydroxylation is 1. The predicted molar refractivity (Wildman–Crippen MR) is 187 cm³/mol. The molecular formula is C35H41Cl2N5O5. The van der Waals surface area contributed by atoms with Gasteiger partial charge >= 0.3 is 5.76 Å². The van der Waals surface area contributed by atoms with Crippen molar-refractivity contribution in [1.29, 1.82) is 0 Å². The summed E-state index contributed by atoms with van der Waals surface area (Å²) in [7, 11) is 0. The highest BCUT2D eigenvalue weighted by Crippen LogP contribution is 2.30. The number of amides is 3. The minimum atomic E-state index is -0.871. The van der Waals surface area contributed by atoms with E-state index < -0.39 is 17.7 Å². The van der Waals surface area contributed by atoms with Crippen LogP contribution in [0.25, 0.3) is 22.2 Å². The number of H-pyrrole nitrogens is 1. The van der Waals surface area contributed by atoms with Crippen LogP contribution in [0.2, 0.25) is 5.02 Å². The van der Waals surface area contributed by atoms with Gasteiger partial charge in [-0.25, -0.2) is 4.79 Å². The second-order valence-electron chi connectivity index (χ2n) is 12.4. The molecular weight excluding hydrogens is 641 g/mol. The number of hydrogen-bond donors (Lipinski definition) is 5. The molecule has 4 aromatic rings. The van der Waals surface area contributed by atoms with Crippen molar-refractivity contribution in [3.05, 3.63) is 86.9 Å². The van der Waals surface area contributed by atoms with Gasteiger partial charge in [0.15, 0.2) is 5.58 Å². The summed E-state index contributed by atoms with van der Waals surface area (Å²) in [5.74, 6) is -1.10. The van der Waals surface area contributed by atoms with Crippen molar-refractivity contribution in [2.75, 3.05) is 11.9 Å². The van der Waals surface area contributed by atoms with Gasteiger partial charge in [0.05, 0.1) is 10.5 Å². The monoisotopic (exact) mass is 681 g/mol. The maximum Gasteiger partial charge on any atom is 0.417 e. The van der Waals surface area contributed by atoms with Gasteiger partial charge in [-0.05, 0) is 105 Å². The predicted octanol–water partition coefficient (Wildman–Crippen LogP) is 5.74. The molecule has 3 amide bonds. The fourth-order valence-corrected chi connectivity index (χ4v) is 6.27. The normalized spacial score (nSPS) is 16.7. The van der Waals surface area contributed by atoms with E-state index in [2.05, 4.69) is 20.9 Å². The topological polar surface area (TPSA) is 159 Å². The molecule has 47 heavy (non-hydrogen) atoms. The number of hydrogen-bond acceptors (Lipinski definition) is 6. The summed E-state index contributed by atoms with van der Waals surface area (Å²) in [6.07, 6.45) is 3.48. The van der Waals surface area contributed by atoms with Crippen molar-refractivity contribution in [3.63, 3.8) is 0 Å². The van der Waals surface area contributed by atoms with Crippen LogP contribution in [0, 0.1) is 18.8 Å². The first kappa shape index (κ1) is 35.7. The number of oxazole rings is 1. The zero-order valence-corrected chi connectivity index (χ0v) is 28.2. The number of anilines is 1. The van der Waals surface area contributed by atoms with E-state index in [4.69, 9.17) is 21.8 Å². The van der Waals surface area contributed by atoms with Crippen LogP contribution in [0.1, 0.15) is 61.0 Å². The van der Waals surface area contributed by atoms with E-state index in [9.17, 15) is 19.2 Å². The number of carbonyl (C=O) groups excluding carboxylic acids is 3. The van der Waals surface area contributed by atoms with Crippen molar-refractivity contribution in [2.24, 2.45) is 17.6 Å². The van der Waals surface area contributed by atoms with Crippen LogP contribution in [0.3, 0.4) is 0 Å². The summed E-state index contributed by atoms with van der Waals surface area (Å²) in [5, 5.41) is 8.93. The molecule has 6 N–H and O–H groups in total. The summed E-state index contributed by atoms with van der Waals surface area (Å²) in [4.78, 5) is 53.7. The van der Waals surface area contributed by atoms with Crippen LogP contribution in [0.15, 0.2) is 63.8 Å². The molecule has 3 aromatic carbocycles. The van der Waals surface area contributed by atoms with Crippen LogP contribution >= 0.6 is 24.0 Å². The lowest BCUT2D eigenvalue weighted by Gasteiger charge is -2.28. The highest BCUT2D eigenvalue weighted by atomic mass is 35.5. The molecule has 0 radical (unpaired) electrons. The Morgan fingerprint density at radius 1 is 1.00 bits per heavy atom. The minimum absolute atomic E-state index is 0. The number of nitrogens with two attached hydrogens (primary N) is 1. The number of rotatable bonds is 10. The van der Waals surface area contributed by atoms with Gasteiger partial charge in [0.2, 0.25) is 11.8 Å². The van der Waals surface area contributed by atoms with Crippen LogP contribution in [0.4, 0.5) is 5.69 Å². The van der Waals surface area contributed by atoms with E-state index >= 15 is 0 Å². The van der Waals surface area contributed by atoms with Crippen molar-refractivity contribution in [2.45, 2.75) is 65.0 Å². The Bertz CT molecular complexity index is 1790. The van der Waals surface area contributed by atoms with E-state index in [1.165, 1.54) is 6.07 Å². The molecule has 1 fully saturated rings. The lowest BCUT2D eigenvalue weighted by Crippen LogP contribution is -2.48. The minimum Gasteiger partial charge on any atom is -0.406 e. The van der Waals surface area contributed by atoms with E-state index in [-0.39, 0.29) is 53.2 Å². The maximum atomic E-state index is 13.7. The molecule has 1 aromatic heterocycles. The Kier molecular flexibility index (Phi) is 11.9. The average Bonchev–Trinajstić information content (AvgIpc) is 3.41. The van der Waals surface area contributed by atoms with Crippen LogP contribution in [-0.2, 0) is 16.0 Å². The number of halogens is 2. The Labute approximate surface area is 284 Å². The lowest BCUT2D eigenvalue weighted by atomic mass is 9.81. The Morgan fingerprint density at radius 3 is 2.34 bits per heavy atom. The van der Waals surface area contributed by atoms with Crippen LogP contribution in [0.5, 0.6) is 0 Å². The zero-order chi connectivity index (χ0) is 33.0. The molecule has 1 saturated carbocycles. The fourth-order valence-electron chi connectivity index (χ4n) is 6.01. The molecule has 12 heteroatoms. The first-order valence-electron chi connectivity index (χ1n) is 15.6. The third kappa shape index (κ3) is 8.82. The molecule has 1 aliphatic rings. The van der Waals surface area contributed by atoms with Crippen molar-refractivity contribution in [1.82, 2.24) is 15.6 Å². The van der Waals surface area contributed by atoms with Crippen molar-refractivity contribution in [3.8, 4) is 11.1 Å². The first-order valence-corrected chi connectivity index (χ1v) is 16.0. The summed E-state index contributed by atoms with van der Waals surface area (Å²) in [5.41, 5.74) is 11.1. The number of carbonyl (C=O) groups is 3. The first-order chi connectivity index (χ1) is 22.0. The van der Waals surface area contributed by atoms with Gasteiger partial charge in [0.1, 0.15) is 6.04 Å². The van der Waals surface area contributed by atoms with E-state index in [0.29, 0.717) is 29.2 Å². The average molecular weight is 683 g/mol. The molecule has 250 valence electrons. The van der Waals surface area contributed by atoms with Gasteiger partial charge < -0.3 is 26.1 Å². The molecule has 0 unspecified atom stereocenters. The second kappa shape index (κ2) is 15.6. The summed E-state index contributed by atoms with van der Waals surface area (Å²) < 4.78 is 5.06. The molecule has 0 bridgehead atoms. The van der Waals surface area contributed by atoms with E-state index in [1.807, 2.05) is 63.2 Å². The van der Waals surface area contributed by atoms with Crippen LogP contribution in [-0.4, -0.2) is 41.3 Å². The Balaban J connectivity index is 0.00000500. The molecule has 5 rings (SSSR count). The summed E-state index contributed by atoms with van der Waals surface area (Å²) in [6.45, 7) is 6.43. The SMILES string of the molecule is Cc1cc(C(=O)NC(C)C)ccc1-c1ccc(C[C@H](NC(=O)[C@H]2CC[C@H](CN)CC2)C(=O)Nc2cc(Cl)c3oc(=O)[nH]c3c2)cc1.Cl. The Morgan fingerprint density at radius 2 is 1.70 bits per heavy atom. The van der Waals surface area contributed by atoms with Gasteiger partial charge in [-0.1, -0.05) is 41.9 Å². The summed E-state index contributed by atoms with van der Waals surface area (Å²) >= 11 is 6.30. The van der Waals surface area contributed by atoms with Gasteiger partial charge in [-0.3, -0.25) is 19.4 Å². The smallest absolute Gasteiger partial charge is 0.406 e. The third-order valence-corrected chi connectivity index (χ3v) is 8.82. The molecule has 1 aliphatic carbocycles. The lowest BCUT2D eigenvalue weighted by molar-refractivity contribution is -0.130. The van der Waals surface area contributed by atoms with Crippen LogP contribution < -0.4 is 27.4 Å².